The van der Waals surface area contributed by atoms with Crippen molar-refractivity contribution in [3.05, 3.63) is 0 Å². The largest absolute Gasteiger partial charge is 0.382 e. The normalized spacial score (nSPS) is 17.0. The second kappa shape index (κ2) is 10.7. The lowest BCUT2D eigenvalue weighted by Crippen LogP contribution is -2.36. The van der Waals surface area contributed by atoms with Crippen LogP contribution in [-0.2, 0) is 14.2 Å². The van der Waals surface area contributed by atoms with E-state index in [1.165, 1.54) is 19.3 Å². The third-order valence-corrected chi connectivity index (χ3v) is 3.15. The Balaban J connectivity index is 1.88. The van der Waals surface area contributed by atoms with E-state index < -0.39 is 0 Å². The molecule has 1 aliphatic rings. The van der Waals surface area contributed by atoms with Crippen LogP contribution in [0.25, 0.3) is 0 Å². The molecule has 108 valence electrons. The lowest BCUT2D eigenvalue weighted by atomic mass is 10.2. The third kappa shape index (κ3) is 8.03. The number of methoxy groups -OCH3 is 1. The van der Waals surface area contributed by atoms with E-state index >= 15 is 0 Å². The van der Waals surface area contributed by atoms with Crippen LogP contribution in [0, 0.1) is 5.92 Å². The molecule has 0 amide bonds. The molecule has 0 bridgehead atoms. The van der Waals surface area contributed by atoms with Gasteiger partial charge in [0.25, 0.3) is 0 Å². The van der Waals surface area contributed by atoms with Crippen LogP contribution in [-0.4, -0.2) is 52.7 Å². The standard InChI is InChI=1S/C14H29NO3/c1-3-7-15-14(13-5-6-13)12-18-9-4-8-17-11-10-16-2/h13-15H,3-12H2,1-2H3. The van der Waals surface area contributed by atoms with E-state index in [1.807, 2.05) is 0 Å². The van der Waals surface area contributed by atoms with Crippen LogP contribution in [0.2, 0.25) is 0 Å². The zero-order chi connectivity index (χ0) is 13.1. The molecule has 4 heteroatoms. The van der Waals surface area contributed by atoms with Crippen LogP contribution in [0.15, 0.2) is 0 Å². The summed E-state index contributed by atoms with van der Waals surface area (Å²) in [5.74, 6) is 0.856. The van der Waals surface area contributed by atoms with Crippen molar-refractivity contribution in [1.29, 1.82) is 0 Å². The molecule has 1 unspecified atom stereocenters. The van der Waals surface area contributed by atoms with Crippen LogP contribution in [0.1, 0.15) is 32.6 Å². The number of hydrogen-bond donors (Lipinski definition) is 1. The molecule has 0 aromatic rings. The van der Waals surface area contributed by atoms with E-state index in [2.05, 4.69) is 12.2 Å². The minimum absolute atomic E-state index is 0.569. The third-order valence-electron chi connectivity index (χ3n) is 3.15. The molecule has 4 nitrogen and oxygen atoms in total. The summed E-state index contributed by atoms with van der Waals surface area (Å²) in [5.41, 5.74) is 0. The summed E-state index contributed by atoms with van der Waals surface area (Å²) in [6.45, 7) is 7.07. The zero-order valence-electron chi connectivity index (χ0n) is 12.0. The Hall–Kier alpha value is -0.160. The molecule has 0 saturated heterocycles. The van der Waals surface area contributed by atoms with Gasteiger partial charge in [0.05, 0.1) is 19.8 Å². The van der Waals surface area contributed by atoms with Gasteiger partial charge < -0.3 is 19.5 Å². The highest BCUT2D eigenvalue weighted by molar-refractivity contribution is 4.86. The first kappa shape index (κ1) is 15.9. The van der Waals surface area contributed by atoms with Gasteiger partial charge in [0.1, 0.15) is 0 Å². The van der Waals surface area contributed by atoms with E-state index in [0.717, 1.165) is 38.7 Å². The molecule has 1 fully saturated rings. The van der Waals surface area contributed by atoms with Gasteiger partial charge in [-0.1, -0.05) is 6.92 Å². The molecular weight excluding hydrogens is 230 g/mol. The highest BCUT2D eigenvalue weighted by Gasteiger charge is 2.30. The molecular formula is C14H29NO3. The topological polar surface area (TPSA) is 39.7 Å². The summed E-state index contributed by atoms with van der Waals surface area (Å²) in [5, 5.41) is 3.58. The molecule has 0 aliphatic heterocycles. The SMILES string of the molecule is CCCNC(COCCCOCCOC)C1CC1. The van der Waals surface area contributed by atoms with E-state index in [-0.39, 0.29) is 0 Å². The highest BCUT2D eigenvalue weighted by Crippen LogP contribution is 2.32. The van der Waals surface area contributed by atoms with Crippen LogP contribution in [0.3, 0.4) is 0 Å². The van der Waals surface area contributed by atoms with Crippen LogP contribution in [0.4, 0.5) is 0 Å². The zero-order valence-corrected chi connectivity index (χ0v) is 12.0. The van der Waals surface area contributed by atoms with Crippen LogP contribution in [0.5, 0.6) is 0 Å². The Morgan fingerprint density at radius 3 is 2.56 bits per heavy atom. The molecule has 0 heterocycles. The number of rotatable bonds is 13. The second-order valence-corrected chi connectivity index (χ2v) is 4.93. The maximum absolute atomic E-state index is 5.73. The summed E-state index contributed by atoms with van der Waals surface area (Å²) >= 11 is 0. The first-order chi connectivity index (χ1) is 8.88. The first-order valence-electron chi connectivity index (χ1n) is 7.26. The molecule has 1 aliphatic carbocycles. The molecule has 18 heavy (non-hydrogen) atoms. The van der Waals surface area contributed by atoms with E-state index in [0.29, 0.717) is 19.3 Å². The predicted octanol–water partition coefficient (Wildman–Crippen LogP) is 1.83. The second-order valence-electron chi connectivity index (χ2n) is 4.93. The van der Waals surface area contributed by atoms with Gasteiger partial charge in [0.15, 0.2) is 0 Å². The lowest BCUT2D eigenvalue weighted by Gasteiger charge is -2.18. The Morgan fingerprint density at radius 1 is 1.11 bits per heavy atom. The van der Waals surface area contributed by atoms with Crippen molar-refractivity contribution in [3.63, 3.8) is 0 Å². The molecule has 0 spiro atoms. The average Bonchev–Trinajstić information content (AvgIpc) is 3.20. The monoisotopic (exact) mass is 259 g/mol. The van der Waals surface area contributed by atoms with Gasteiger partial charge in [-0.05, 0) is 38.1 Å². The predicted molar refractivity (Wildman–Crippen MR) is 72.9 cm³/mol. The molecule has 0 radical (unpaired) electrons. The maximum atomic E-state index is 5.73. The van der Waals surface area contributed by atoms with Crippen molar-refractivity contribution < 1.29 is 14.2 Å². The minimum atomic E-state index is 0.569. The Bertz CT molecular complexity index is 186. The number of hydrogen-bond acceptors (Lipinski definition) is 4. The average molecular weight is 259 g/mol. The molecule has 1 N–H and O–H groups in total. The number of nitrogens with one attached hydrogen (secondary N) is 1. The molecule has 0 aromatic carbocycles. The van der Waals surface area contributed by atoms with Gasteiger partial charge in [-0.25, -0.2) is 0 Å². The van der Waals surface area contributed by atoms with E-state index in [4.69, 9.17) is 14.2 Å². The van der Waals surface area contributed by atoms with Gasteiger partial charge >= 0.3 is 0 Å². The Morgan fingerprint density at radius 2 is 1.89 bits per heavy atom. The molecule has 1 saturated carbocycles. The van der Waals surface area contributed by atoms with Crippen molar-refractivity contribution >= 4 is 0 Å². The summed E-state index contributed by atoms with van der Waals surface area (Å²) in [4.78, 5) is 0. The fourth-order valence-corrected chi connectivity index (χ4v) is 1.91. The lowest BCUT2D eigenvalue weighted by molar-refractivity contribution is 0.0462. The fraction of sp³-hybridized carbons (Fsp3) is 1.00. The summed E-state index contributed by atoms with van der Waals surface area (Å²) in [6, 6.07) is 0.569. The van der Waals surface area contributed by atoms with E-state index in [9.17, 15) is 0 Å². The van der Waals surface area contributed by atoms with Crippen molar-refractivity contribution in [2.75, 3.05) is 46.7 Å². The number of ether oxygens (including phenoxy) is 3. The van der Waals surface area contributed by atoms with Crippen molar-refractivity contribution in [1.82, 2.24) is 5.32 Å². The van der Waals surface area contributed by atoms with Gasteiger partial charge in [0, 0.05) is 26.4 Å². The smallest absolute Gasteiger partial charge is 0.0700 e. The highest BCUT2D eigenvalue weighted by atomic mass is 16.5. The summed E-state index contributed by atoms with van der Waals surface area (Å²) in [6.07, 6.45) is 4.89. The molecule has 0 aromatic heterocycles. The van der Waals surface area contributed by atoms with Crippen molar-refractivity contribution in [2.45, 2.75) is 38.6 Å². The van der Waals surface area contributed by atoms with E-state index in [1.54, 1.807) is 7.11 Å². The first-order valence-corrected chi connectivity index (χ1v) is 7.26. The van der Waals surface area contributed by atoms with Gasteiger partial charge in [-0.3, -0.25) is 0 Å². The van der Waals surface area contributed by atoms with Crippen LogP contribution >= 0.6 is 0 Å². The quantitative estimate of drug-likeness (QED) is 0.512. The van der Waals surface area contributed by atoms with Gasteiger partial charge in [-0.15, -0.1) is 0 Å². The summed E-state index contributed by atoms with van der Waals surface area (Å²) < 4.78 is 16.0. The van der Waals surface area contributed by atoms with Crippen LogP contribution < -0.4 is 5.32 Å². The van der Waals surface area contributed by atoms with Crippen molar-refractivity contribution in [3.8, 4) is 0 Å². The molecule has 1 atom stereocenters. The Labute approximate surface area is 111 Å². The minimum Gasteiger partial charge on any atom is -0.382 e. The maximum Gasteiger partial charge on any atom is 0.0700 e. The van der Waals surface area contributed by atoms with Gasteiger partial charge in [0.2, 0.25) is 0 Å². The molecule has 1 rings (SSSR count). The van der Waals surface area contributed by atoms with Gasteiger partial charge in [-0.2, -0.15) is 0 Å². The summed E-state index contributed by atoms with van der Waals surface area (Å²) in [7, 11) is 1.69. The Kier molecular flexibility index (Phi) is 9.48. The fourth-order valence-electron chi connectivity index (χ4n) is 1.91. The van der Waals surface area contributed by atoms with Crippen molar-refractivity contribution in [2.24, 2.45) is 5.92 Å².